The van der Waals surface area contributed by atoms with Gasteiger partial charge in [0.15, 0.2) is 0 Å². The van der Waals surface area contributed by atoms with E-state index < -0.39 is 0 Å². The maximum absolute atomic E-state index is 12.0. The van der Waals surface area contributed by atoms with Gasteiger partial charge in [-0.3, -0.25) is 4.79 Å². The van der Waals surface area contributed by atoms with Crippen LogP contribution < -0.4 is 5.32 Å². The van der Waals surface area contributed by atoms with Gasteiger partial charge in [0.2, 0.25) is 0 Å². The first-order chi connectivity index (χ1) is 8.56. The summed E-state index contributed by atoms with van der Waals surface area (Å²) < 4.78 is 0. The predicted molar refractivity (Wildman–Crippen MR) is 68.6 cm³/mol. The van der Waals surface area contributed by atoms with E-state index in [1.165, 1.54) is 6.07 Å². The van der Waals surface area contributed by atoms with E-state index in [2.05, 4.69) is 5.32 Å². The summed E-state index contributed by atoms with van der Waals surface area (Å²) in [6, 6.07) is 5.06. The van der Waals surface area contributed by atoms with E-state index in [-0.39, 0.29) is 23.8 Å². The van der Waals surface area contributed by atoms with Crippen LogP contribution >= 0.6 is 0 Å². The van der Waals surface area contributed by atoms with Crippen LogP contribution in [0.4, 0.5) is 0 Å². The van der Waals surface area contributed by atoms with Crippen molar-refractivity contribution in [3.05, 3.63) is 29.3 Å². The zero-order valence-electron chi connectivity index (χ0n) is 10.5. The number of carbonyl (C=O) groups excluding carboxylic acids is 1. The lowest BCUT2D eigenvalue weighted by Gasteiger charge is -2.26. The Kier molecular flexibility index (Phi) is 3.87. The number of amides is 1. The summed E-state index contributed by atoms with van der Waals surface area (Å²) in [6.07, 6.45) is 2.88. The topological polar surface area (TPSA) is 69.6 Å². The first-order valence-electron chi connectivity index (χ1n) is 6.35. The molecule has 98 valence electrons. The molecule has 0 aliphatic heterocycles. The third-order valence-electron chi connectivity index (χ3n) is 3.50. The van der Waals surface area contributed by atoms with Crippen molar-refractivity contribution in [1.82, 2.24) is 5.32 Å². The van der Waals surface area contributed by atoms with Crippen molar-refractivity contribution in [1.29, 1.82) is 0 Å². The average Bonchev–Trinajstić information content (AvgIpc) is 2.35. The van der Waals surface area contributed by atoms with E-state index in [0.717, 1.165) is 31.2 Å². The van der Waals surface area contributed by atoms with Gasteiger partial charge >= 0.3 is 0 Å². The van der Waals surface area contributed by atoms with Crippen LogP contribution in [0.3, 0.4) is 0 Å². The monoisotopic (exact) mass is 249 g/mol. The average molecular weight is 249 g/mol. The molecule has 4 nitrogen and oxygen atoms in total. The van der Waals surface area contributed by atoms with Crippen LogP contribution in [0, 0.1) is 6.92 Å². The largest absolute Gasteiger partial charge is 0.508 e. The quantitative estimate of drug-likeness (QED) is 0.747. The highest BCUT2D eigenvalue weighted by atomic mass is 16.3. The molecule has 18 heavy (non-hydrogen) atoms. The summed E-state index contributed by atoms with van der Waals surface area (Å²) in [5, 5.41) is 21.9. The normalized spacial score (nSPS) is 23.7. The van der Waals surface area contributed by atoms with Gasteiger partial charge < -0.3 is 15.5 Å². The number of hydrogen-bond acceptors (Lipinski definition) is 3. The van der Waals surface area contributed by atoms with Gasteiger partial charge in [-0.2, -0.15) is 0 Å². The number of aliphatic hydroxyl groups excluding tert-OH is 1. The van der Waals surface area contributed by atoms with Crippen molar-refractivity contribution in [3.63, 3.8) is 0 Å². The van der Waals surface area contributed by atoms with Gasteiger partial charge in [0.05, 0.1) is 6.10 Å². The molecule has 0 spiro atoms. The maximum Gasteiger partial charge on any atom is 0.251 e. The SMILES string of the molecule is Cc1ccc(C(=O)NC2CCC(O)CC2)cc1O. The molecule has 4 heteroatoms. The van der Waals surface area contributed by atoms with Crippen LogP contribution in [0.15, 0.2) is 18.2 Å². The Balaban J connectivity index is 1.97. The van der Waals surface area contributed by atoms with E-state index >= 15 is 0 Å². The number of aryl methyl sites for hydroxylation is 1. The van der Waals surface area contributed by atoms with E-state index in [1.807, 2.05) is 0 Å². The standard InChI is InChI=1S/C14H19NO3/c1-9-2-3-10(8-13(9)17)14(18)15-11-4-6-12(16)7-5-11/h2-3,8,11-12,16-17H,4-7H2,1H3,(H,15,18). The minimum absolute atomic E-state index is 0.129. The van der Waals surface area contributed by atoms with Gasteiger partial charge in [-0.15, -0.1) is 0 Å². The lowest BCUT2D eigenvalue weighted by molar-refractivity contribution is 0.0867. The minimum atomic E-state index is -0.221. The summed E-state index contributed by atoms with van der Waals surface area (Å²) in [5.74, 6) is -0.0200. The number of phenols is 1. The lowest BCUT2D eigenvalue weighted by atomic mass is 9.93. The number of nitrogens with one attached hydrogen (secondary N) is 1. The second kappa shape index (κ2) is 5.40. The van der Waals surface area contributed by atoms with Crippen molar-refractivity contribution in [3.8, 4) is 5.75 Å². The maximum atomic E-state index is 12.0. The molecule has 1 aliphatic rings. The Labute approximate surface area is 107 Å². The highest BCUT2D eigenvalue weighted by molar-refractivity contribution is 5.94. The first kappa shape index (κ1) is 12.9. The Morgan fingerprint density at radius 2 is 1.94 bits per heavy atom. The molecule has 0 heterocycles. The van der Waals surface area contributed by atoms with Crippen LogP contribution in [0.25, 0.3) is 0 Å². The third kappa shape index (κ3) is 3.01. The molecule has 1 amide bonds. The number of carbonyl (C=O) groups is 1. The summed E-state index contributed by atoms with van der Waals surface area (Å²) in [6.45, 7) is 1.79. The summed E-state index contributed by atoms with van der Waals surface area (Å²) in [4.78, 5) is 12.0. The van der Waals surface area contributed by atoms with Crippen LogP contribution in [0.1, 0.15) is 41.6 Å². The summed E-state index contributed by atoms with van der Waals surface area (Å²) in [5.41, 5.74) is 1.23. The highest BCUT2D eigenvalue weighted by Crippen LogP contribution is 2.20. The Bertz CT molecular complexity index is 437. The molecule has 1 aliphatic carbocycles. The van der Waals surface area contributed by atoms with Gasteiger partial charge in [0.25, 0.3) is 5.91 Å². The van der Waals surface area contributed by atoms with Crippen LogP contribution in [0.5, 0.6) is 5.75 Å². The molecular formula is C14H19NO3. The minimum Gasteiger partial charge on any atom is -0.508 e. The molecule has 1 fully saturated rings. The van der Waals surface area contributed by atoms with Crippen molar-refractivity contribution in [2.24, 2.45) is 0 Å². The molecule has 0 unspecified atom stereocenters. The summed E-state index contributed by atoms with van der Waals surface area (Å²) >= 11 is 0. The third-order valence-corrected chi connectivity index (χ3v) is 3.50. The van der Waals surface area contributed by atoms with Gasteiger partial charge in [-0.25, -0.2) is 0 Å². The second-order valence-corrected chi connectivity index (χ2v) is 4.98. The van der Waals surface area contributed by atoms with Gasteiger partial charge in [-0.05, 0) is 50.3 Å². The van der Waals surface area contributed by atoms with Gasteiger partial charge in [0, 0.05) is 11.6 Å². The number of aromatic hydroxyl groups is 1. The zero-order valence-corrected chi connectivity index (χ0v) is 10.5. The van der Waals surface area contributed by atoms with Crippen LogP contribution in [0.2, 0.25) is 0 Å². The van der Waals surface area contributed by atoms with E-state index in [9.17, 15) is 15.0 Å². The van der Waals surface area contributed by atoms with Crippen LogP contribution in [-0.4, -0.2) is 28.3 Å². The number of rotatable bonds is 2. The van der Waals surface area contributed by atoms with Crippen molar-refractivity contribution in [2.75, 3.05) is 0 Å². The van der Waals surface area contributed by atoms with Crippen molar-refractivity contribution < 1.29 is 15.0 Å². The number of aliphatic hydroxyl groups is 1. The molecule has 1 aromatic carbocycles. The molecule has 3 N–H and O–H groups in total. The molecule has 0 radical (unpaired) electrons. The van der Waals surface area contributed by atoms with E-state index in [0.29, 0.717) is 5.56 Å². The Morgan fingerprint density at radius 3 is 2.56 bits per heavy atom. The molecule has 0 saturated heterocycles. The number of phenolic OH excluding ortho intramolecular Hbond substituents is 1. The molecular weight excluding hydrogens is 230 g/mol. The molecule has 1 saturated carbocycles. The fourth-order valence-corrected chi connectivity index (χ4v) is 2.24. The van der Waals surface area contributed by atoms with Crippen molar-refractivity contribution in [2.45, 2.75) is 44.8 Å². The van der Waals surface area contributed by atoms with E-state index in [1.54, 1.807) is 19.1 Å². The molecule has 0 bridgehead atoms. The molecule has 0 atom stereocenters. The number of hydrogen-bond donors (Lipinski definition) is 3. The Morgan fingerprint density at radius 1 is 1.28 bits per heavy atom. The summed E-state index contributed by atoms with van der Waals surface area (Å²) in [7, 11) is 0. The van der Waals surface area contributed by atoms with Crippen LogP contribution in [-0.2, 0) is 0 Å². The lowest BCUT2D eigenvalue weighted by Crippen LogP contribution is -2.38. The molecule has 0 aromatic heterocycles. The first-order valence-corrected chi connectivity index (χ1v) is 6.35. The zero-order chi connectivity index (χ0) is 13.1. The smallest absolute Gasteiger partial charge is 0.251 e. The number of benzene rings is 1. The highest BCUT2D eigenvalue weighted by Gasteiger charge is 2.21. The second-order valence-electron chi connectivity index (χ2n) is 4.98. The van der Waals surface area contributed by atoms with Crippen molar-refractivity contribution >= 4 is 5.91 Å². The Hall–Kier alpha value is -1.55. The predicted octanol–water partition coefficient (Wildman–Crippen LogP) is 1.73. The fourth-order valence-electron chi connectivity index (χ4n) is 2.24. The molecule has 1 aromatic rings. The molecule has 2 rings (SSSR count). The van der Waals surface area contributed by atoms with Gasteiger partial charge in [-0.1, -0.05) is 6.07 Å². The van der Waals surface area contributed by atoms with Gasteiger partial charge in [0.1, 0.15) is 5.75 Å². The fraction of sp³-hybridized carbons (Fsp3) is 0.500. The van der Waals surface area contributed by atoms with E-state index in [4.69, 9.17) is 0 Å².